The van der Waals surface area contributed by atoms with Crippen molar-refractivity contribution in [3.05, 3.63) is 17.7 Å². The van der Waals surface area contributed by atoms with Gasteiger partial charge in [0.05, 0.1) is 11.7 Å². The van der Waals surface area contributed by atoms with Crippen LogP contribution in [0.3, 0.4) is 0 Å². The molecule has 0 radical (unpaired) electrons. The van der Waals surface area contributed by atoms with Crippen molar-refractivity contribution in [1.82, 2.24) is 4.98 Å². The zero-order chi connectivity index (χ0) is 13.1. The molecule has 0 amide bonds. The average Bonchev–Trinajstić information content (AvgIpc) is 2.24. The molecule has 0 saturated heterocycles. The van der Waals surface area contributed by atoms with Gasteiger partial charge in [0.25, 0.3) is 0 Å². The van der Waals surface area contributed by atoms with E-state index in [-0.39, 0.29) is 17.7 Å². The Morgan fingerprint density at radius 1 is 1.47 bits per heavy atom. The van der Waals surface area contributed by atoms with Crippen LogP contribution in [-0.4, -0.2) is 24.7 Å². The number of nitrogens with zero attached hydrogens (tertiary/aromatic N) is 1. The lowest BCUT2D eigenvalue weighted by Gasteiger charge is -2.13. The molecular formula is C10H14F3N3O. The number of nitrogen functional groups attached to an aromatic ring is 1. The van der Waals surface area contributed by atoms with E-state index in [1.807, 2.05) is 0 Å². The van der Waals surface area contributed by atoms with E-state index in [0.29, 0.717) is 6.54 Å². The first-order valence-electron chi connectivity index (χ1n) is 4.94. The quantitative estimate of drug-likeness (QED) is 0.858. The fraction of sp³-hybridized carbons (Fsp3) is 0.500. The number of nitrogens with two attached hydrogens (primary N) is 1. The fourth-order valence-corrected chi connectivity index (χ4v) is 1.14. The largest absolute Gasteiger partial charge is 0.416 e. The zero-order valence-electron chi connectivity index (χ0n) is 9.51. The predicted octanol–water partition coefficient (Wildman–Crippen LogP) is 2.13. The summed E-state index contributed by atoms with van der Waals surface area (Å²) >= 11 is 0. The second-order valence-electron chi connectivity index (χ2n) is 3.59. The van der Waals surface area contributed by atoms with Crippen molar-refractivity contribution in [2.75, 3.05) is 24.7 Å². The Labute approximate surface area is 97.0 Å². The maximum Gasteiger partial charge on any atom is 0.416 e. The van der Waals surface area contributed by atoms with Crippen LogP contribution in [0.15, 0.2) is 12.1 Å². The number of pyridine rings is 1. The Hall–Kier alpha value is -1.50. The summed E-state index contributed by atoms with van der Waals surface area (Å²) in [7, 11) is 1.51. The van der Waals surface area contributed by atoms with Crippen LogP contribution in [0.1, 0.15) is 12.5 Å². The van der Waals surface area contributed by atoms with Crippen LogP contribution in [0.25, 0.3) is 0 Å². The van der Waals surface area contributed by atoms with Crippen molar-refractivity contribution in [3.63, 3.8) is 0 Å². The lowest BCUT2D eigenvalue weighted by atomic mass is 10.2. The third kappa shape index (κ3) is 4.10. The Balaban J connectivity index is 2.83. The number of ether oxygens (including phenoxy) is 1. The Kier molecular flexibility index (Phi) is 4.17. The summed E-state index contributed by atoms with van der Waals surface area (Å²) in [5.41, 5.74) is 4.49. The van der Waals surface area contributed by atoms with Crippen LogP contribution in [0, 0.1) is 0 Å². The minimum Gasteiger partial charge on any atom is -0.384 e. The van der Waals surface area contributed by atoms with Crippen molar-refractivity contribution in [2.45, 2.75) is 19.2 Å². The van der Waals surface area contributed by atoms with Gasteiger partial charge >= 0.3 is 6.18 Å². The molecule has 1 aromatic heterocycles. The number of nitrogens with one attached hydrogen (secondary N) is 1. The monoisotopic (exact) mass is 249 g/mol. The van der Waals surface area contributed by atoms with Crippen LogP contribution in [-0.2, 0) is 10.9 Å². The van der Waals surface area contributed by atoms with Gasteiger partial charge in [0.1, 0.15) is 11.6 Å². The Bertz CT molecular complexity index is 382. The maximum absolute atomic E-state index is 12.5. The highest BCUT2D eigenvalue weighted by molar-refractivity contribution is 5.47. The molecule has 1 unspecified atom stereocenters. The number of hydrogen-bond acceptors (Lipinski definition) is 4. The van der Waals surface area contributed by atoms with Crippen LogP contribution in [0.2, 0.25) is 0 Å². The van der Waals surface area contributed by atoms with E-state index in [4.69, 9.17) is 10.5 Å². The smallest absolute Gasteiger partial charge is 0.384 e. The summed E-state index contributed by atoms with van der Waals surface area (Å²) in [6.07, 6.45) is -4.56. The molecule has 96 valence electrons. The first-order valence-corrected chi connectivity index (χ1v) is 4.94. The van der Waals surface area contributed by atoms with Crippen molar-refractivity contribution >= 4 is 11.6 Å². The van der Waals surface area contributed by atoms with E-state index in [1.54, 1.807) is 6.92 Å². The number of rotatable bonds is 4. The van der Waals surface area contributed by atoms with Gasteiger partial charge in [0, 0.05) is 13.7 Å². The van der Waals surface area contributed by atoms with Crippen molar-refractivity contribution in [2.24, 2.45) is 0 Å². The molecule has 0 bridgehead atoms. The molecule has 0 aliphatic carbocycles. The topological polar surface area (TPSA) is 60.2 Å². The van der Waals surface area contributed by atoms with Gasteiger partial charge in [-0.15, -0.1) is 0 Å². The van der Waals surface area contributed by atoms with Crippen LogP contribution in [0.4, 0.5) is 24.8 Å². The summed E-state index contributed by atoms with van der Waals surface area (Å²) in [5.74, 6) is -0.0892. The summed E-state index contributed by atoms with van der Waals surface area (Å²) in [5, 5.41) is 2.73. The van der Waals surface area contributed by atoms with E-state index in [0.717, 1.165) is 12.1 Å². The molecule has 0 fully saturated rings. The number of methoxy groups -OCH3 is 1. The van der Waals surface area contributed by atoms with Gasteiger partial charge in [0.15, 0.2) is 0 Å². The van der Waals surface area contributed by atoms with Gasteiger partial charge in [-0.2, -0.15) is 13.2 Å². The molecule has 1 aromatic rings. The molecule has 1 atom stereocenters. The summed E-state index contributed by atoms with van der Waals surface area (Å²) in [6, 6.07) is 1.71. The number of anilines is 2. The highest BCUT2D eigenvalue weighted by Crippen LogP contribution is 2.31. The molecular weight excluding hydrogens is 235 g/mol. The van der Waals surface area contributed by atoms with Crippen molar-refractivity contribution in [3.8, 4) is 0 Å². The SMILES string of the molecule is COC(C)CNc1cc(C(F)(F)F)cc(N)n1. The number of aromatic nitrogens is 1. The molecule has 0 aliphatic rings. The molecule has 7 heteroatoms. The molecule has 3 N–H and O–H groups in total. The second-order valence-corrected chi connectivity index (χ2v) is 3.59. The molecule has 0 aliphatic heterocycles. The minimum atomic E-state index is -4.43. The second kappa shape index (κ2) is 5.22. The average molecular weight is 249 g/mol. The standard InChI is InChI=1S/C10H14F3N3O/c1-6(17-2)5-15-9-4-7(10(11,12)13)3-8(14)16-9/h3-4,6H,5H2,1-2H3,(H3,14,15,16). The minimum absolute atomic E-state index is 0.0845. The van der Waals surface area contributed by atoms with E-state index < -0.39 is 11.7 Å². The van der Waals surface area contributed by atoms with Gasteiger partial charge in [-0.3, -0.25) is 0 Å². The van der Waals surface area contributed by atoms with Gasteiger partial charge in [-0.05, 0) is 19.1 Å². The van der Waals surface area contributed by atoms with Crippen LogP contribution < -0.4 is 11.1 Å². The lowest BCUT2D eigenvalue weighted by Crippen LogP contribution is -2.19. The van der Waals surface area contributed by atoms with E-state index in [1.165, 1.54) is 7.11 Å². The first-order chi connectivity index (χ1) is 7.82. The lowest BCUT2D eigenvalue weighted by molar-refractivity contribution is -0.137. The Morgan fingerprint density at radius 3 is 2.65 bits per heavy atom. The molecule has 4 nitrogen and oxygen atoms in total. The first kappa shape index (κ1) is 13.6. The predicted molar refractivity (Wildman–Crippen MR) is 58.6 cm³/mol. The highest BCUT2D eigenvalue weighted by Gasteiger charge is 2.31. The van der Waals surface area contributed by atoms with Crippen molar-refractivity contribution in [1.29, 1.82) is 0 Å². The molecule has 17 heavy (non-hydrogen) atoms. The van der Waals surface area contributed by atoms with Crippen LogP contribution in [0.5, 0.6) is 0 Å². The zero-order valence-corrected chi connectivity index (χ0v) is 9.51. The third-order valence-electron chi connectivity index (χ3n) is 2.15. The number of alkyl halides is 3. The van der Waals surface area contributed by atoms with Crippen molar-refractivity contribution < 1.29 is 17.9 Å². The summed E-state index contributed by atoms with van der Waals surface area (Å²) in [4.78, 5) is 3.76. The van der Waals surface area contributed by atoms with E-state index in [9.17, 15) is 13.2 Å². The molecule has 0 spiro atoms. The normalized spacial score (nSPS) is 13.5. The number of halogens is 3. The third-order valence-corrected chi connectivity index (χ3v) is 2.15. The molecule has 0 aromatic carbocycles. The highest BCUT2D eigenvalue weighted by atomic mass is 19.4. The maximum atomic E-state index is 12.5. The van der Waals surface area contributed by atoms with Gasteiger partial charge in [0.2, 0.25) is 0 Å². The van der Waals surface area contributed by atoms with Crippen LogP contribution >= 0.6 is 0 Å². The summed E-state index contributed by atoms with van der Waals surface area (Å²) < 4.78 is 42.4. The van der Waals surface area contributed by atoms with Gasteiger partial charge in [-0.1, -0.05) is 0 Å². The number of hydrogen-bond donors (Lipinski definition) is 2. The molecule has 1 rings (SSSR count). The molecule has 0 saturated carbocycles. The van der Waals surface area contributed by atoms with E-state index in [2.05, 4.69) is 10.3 Å². The molecule has 1 heterocycles. The van der Waals surface area contributed by atoms with E-state index >= 15 is 0 Å². The van der Waals surface area contributed by atoms with Gasteiger partial charge < -0.3 is 15.8 Å². The Morgan fingerprint density at radius 2 is 2.12 bits per heavy atom. The summed E-state index contributed by atoms with van der Waals surface area (Å²) in [6.45, 7) is 2.13. The van der Waals surface area contributed by atoms with Gasteiger partial charge in [-0.25, -0.2) is 4.98 Å². The fourth-order valence-electron chi connectivity index (χ4n) is 1.14.